The standard InChI is InChI=1S/C19H21N3O4S/c1-13-5-8-15(9-6-13)26-16-10-7-14(12-20)11-17(16)27(24,25)22-18(23)21-19(2,3)4/h5-11H,1-4H3,(H2,21,22,23). The van der Waals surface area contributed by atoms with E-state index in [2.05, 4.69) is 5.32 Å². The van der Waals surface area contributed by atoms with Crippen LogP contribution in [0.4, 0.5) is 4.79 Å². The second kappa shape index (κ2) is 7.68. The van der Waals surface area contributed by atoms with E-state index in [1.165, 1.54) is 12.1 Å². The molecule has 0 aliphatic carbocycles. The van der Waals surface area contributed by atoms with Crippen molar-refractivity contribution in [3.63, 3.8) is 0 Å². The van der Waals surface area contributed by atoms with Crippen molar-refractivity contribution < 1.29 is 17.9 Å². The Kier molecular flexibility index (Phi) is 5.76. The molecule has 142 valence electrons. The third kappa shape index (κ3) is 5.72. The number of urea groups is 1. The highest BCUT2D eigenvalue weighted by Gasteiger charge is 2.25. The maximum Gasteiger partial charge on any atom is 0.329 e. The van der Waals surface area contributed by atoms with Gasteiger partial charge in [-0.25, -0.2) is 17.9 Å². The molecule has 0 fully saturated rings. The monoisotopic (exact) mass is 387 g/mol. The number of rotatable bonds is 4. The predicted octanol–water partition coefficient (Wildman–Crippen LogP) is 3.45. The zero-order valence-electron chi connectivity index (χ0n) is 15.5. The molecule has 0 unspecified atom stereocenters. The number of hydrogen-bond acceptors (Lipinski definition) is 5. The van der Waals surface area contributed by atoms with Gasteiger partial charge in [0.05, 0.1) is 11.6 Å². The van der Waals surface area contributed by atoms with E-state index in [1.807, 2.05) is 29.8 Å². The maximum absolute atomic E-state index is 12.7. The van der Waals surface area contributed by atoms with E-state index in [0.29, 0.717) is 5.75 Å². The van der Waals surface area contributed by atoms with Crippen LogP contribution in [-0.4, -0.2) is 20.0 Å². The zero-order chi connectivity index (χ0) is 20.2. The Balaban J connectivity index is 2.39. The Morgan fingerprint density at radius 1 is 1.11 bits per heavy atom. The summed E-state index contributed by atoms with van der Waals surface area (Å²) in [5.41, 5.74) is 0.536. The molecular formula is C19H21N3O4S. The van der Waals surface area contributed by atoms with Gasteiger partial charge in [-0.2, -0.15) is 5.26 Å². The molecule has 0 aromatic heterocycles. The van der Waals surface area contributed by atoms with Gasteiger partial charge in [0.2, 0.25) is 0 Å². The van der Waals surface area contributed by atoms with Crippen LogP contribution in [0.5, 0.6) is 11.5 Å². The first-order chi connectivity index (χ1) is 12.5. The van der Waals surface area contributed by atoms with Crippen molar-refractivity contribution in [1.29, 1.82) is 5.26 Å². The summed E-state index contributed by atoms with van der Waals surface area (Å²) in [6.07, 6.45) is 0. The van der Waals surface area contributed by atoms with Crippen molar-refractivity contribution in [2.45, 2.75) is 38.1 Å². The van der Waals surface area contributed by atoms with E-state index in [4.69, 9.17) is 10.00 Å². The summed E-state index contributed by atoms with van der Waals surface area (Å²) in [6.45, 7) is 7.09. The third-order valence-electron chi connectivity index (χ3n) is 3.33. The number of hydrogen-bond donors (Lipinski definition) is 2. The van der Waals surface area contributed by atoms with Crippen LogP contribution in [0.25, 0.3) is 0 Å². The SMILES string of the molecule is Cc1ccc(Oc2ccc(C#N)cc2S(=O)(=O)NC(=O)NC(C)(C)C)cc1. The highest BCUT2D eigenvalue weighted by Crippen LogP contribution is 2.30. The smallest absolute Gasteiger partial charge is 0.329 e. The lowest BCUT2D eigenvalue weighted by atomic mass is 10.1. The molecule has 0 atom stereocenters. The van der Waals surface area contributed by atoms with E-state index < -0.39 is 21.6 Å². The van der Waals surface area contributed by atoms with Gasteiger partial charge in [0.15, 0.2) is 0 Å². The minimum atomic E-state index is -4.26. The summed E-state index contributed by atoms with van der Waals surface area (Å²) >= 11 is 0. The fourth-order valence-electron chi connectivity index (χ4n) is 2.15. The van der Waals surface area contributed by atoms with Gasteiger partial charge in [-0.1, -0.05) is 17.7 Å². The average Bonchev–Trinajstić information content (AvgIpc) is 2.54. The van der Waals surface area contributed by atoms with Gasteiger partial charge >= 0.3 is 6.03 Å². The van der Waals surface area contributed by atoms with Crippen LogP contribution in [0.1, 0.15) is 31.9 Å². The number of ether oxygens (including phenoxy) is 1. The largest absolute Gasteiger partial charge is 0.456 e. The highest BCUT2D eigenvalue weighted by atomic mass is 32.2. The van der Waals surface area contributed by atoms with Crippen LogP contribution in [0, 0.1) is 18.3 Å². The number of aryl methyl sites for hydroxylation is 1. The fraction of sp³-hybridized carbons (Fsp3) is 0.263. The van der Waals surface area contributed by atoms with Gasteiger partial charge in [-0.3, -0.25) is 0 Å². The third-order valence-corrected chi connectivity index (χ3v) is 4.68. The quantitative estimate of drug-likeness (QED) is 0.835. The minimum absolute atomic E-state index is 0.00825. The molecule has 0 spiro atoms. The Labute approximate surface area is 159 Å². The molecule has 2 N–H and O–H groups in total. The van der Waals surface area contributed by atoms with Crippen molar-refractivity contribution in [1.82, 2.24) is 10.0 Å². The highest BCUT2D eigenvalue weighted by molar-refractivity contribution is 7.90. The molecular weight excluding hydrogens is 366 g/mol. The lowest BCUT2D eigenvalue weighted by Crippen LogP contribution is -2.48. The first kappa shape index (κ1) is 20.3. The molecule has 2 aromatic rings. The number of nitriles is 1. The molecule has 7 nitrogen and oxygen atoms in total. The van der Waals surface area contributed by atoms with Crippen LogP contribution in [0.2, 0.25) is 0 Å². The lowest BCUT2D eigenvalue weighted by molar-refractivity contribution is 0.237. The maximum atomic E-state index is 12.7. The fourth-order valence-corrected chi connectivity index (χ4v) is 3.21. The molecule has 2 amide bonds. The molecule has 27 heavy (non-hydrogen) atoms. The summed E-state index contributed by atoms with van der Waals surface area (Å²) in [7, 11) is -4.26. The van der Waals surface area contributed by atoms with Crippen LogP contribution in [0.15, 0.2) is 47.4 Å². The van der Waals surface area contributed by atoms with Gasteiger partial charge in [0.25, 0.3) is 10.0 Å². The number of benzene rings is 2. The zero-order valence-corrected chi connectivity index (χ0v) is 16.3. The van der Waals surface area contributed by atoms with Crippen molar-refractivity contribution >= 4 is 16.1 Å². The number of nitrogens with one attached hydrogen (secondary N) is 2. The normalized spacial score (nSPS) is 11.4. The Morgan fingerprint density at radius 2 is 1.74 bits per heavy atom. The van der Waals surface area contributed by atoms with Crippen LogP contribution in [-0.2, 0) is 10.0 Å². The first-order valence-corrected chi connectivity index (χ1v) is 9.62. The molecule has 2 rings (SSSR count). The molecule has 0 saturated heterocycles. The van der Waals surface area contributed by atoms with E-state index in [1.54, 1.807) is 32.9 Å². The number of amides is 2. The van der Waals surface area contributed by atoms with E-state index in [0.717, 1.165) is 11.6 Å². The minimum Gasteiger partial charge on any atom is -0.456 e. The number of sulfonamides is 1. The average molecular weight is 387 g/mol. The second-order valence-electron chi connectivity index (χ2n) is 7.00. The number of carbonyl (C=O) groups is 1. The van der Waals surface area contributed by atoms with Crippen LogP contribution < -0.4 is 14.8 Å². The summed E-state index contributed by atoms with van der Waals surface area (Å²) < 4.78 is 33.0. The lowest BCUT2D eigenvalue weighted by Gasteiger charge is -2.21. The molecule has 2 aromatic carbocycles. The van der Waals surface area contributed by atoms with Crippen molar-refractivity contribution in [2.75, 3.05) is 0 Å². The number of carbonyl (C=O) groups excluding carboxylic acids is 1. The Morgan fingerprint density at radius 3 is 2.30 bits per heavy atom. The Bertz CT molecular complexity index is 985. The topological polar surface area (TPSA) is 108 Å². The van der Waals surface area contributed by atoms with E-state index >= 15 is 0 Å². The molecule has 0 heterocycles. The van der Waals surface area contributed by atoms with Gasteiger partial charge in [-0.05, 0) is 58.0 Å². The summed E-state index contributed by atoms with van der Waals surface area (Å²) in [5, 5.41) is 11.6. The van der Waals surface area contributed by atoms with E-state index in [9.17, 15) is 13.2 Å². The molecule has 0 aliphatic heterocycles. The molecule has 0 aliphatic rings. The van der Waals surface area contributed by atoms with Gasteiger partial charge < -0.3 is 10.1 Å². The molecule has 8 heteroatoms. The van der Waals surface area contributed by atoms with E-state index in [-0.39, 0.29) is 16.2 Å². The summed E-state index contributed by atoms with van der Waals surface area (Å²) in [4.78, 5) is 11.7. The Hall–Kier alpha value is -3.05. The summed E-state index contributed by atoms with van der Waals surface area (Å²) in [5.74, 6) is 0.440. The van der Waals surface area contributed by atoms with Crippen molar-refractivity contribution in [2.24, 2.45) is 0 Å². The van der Waals surface area contributed by atoms with Crippen LogP contribution in [0.3, 0.4) is 0 Å². The molecule has 0 bridgehead atoms. The van der Waals surface area contributed by atoms with Crippen molar-refractivity contribution in [3.05, 3.63) is 53.6 Å². The van der Waals surface area contributed by atoms with Gasteiger partial charge in [0, 0.05) is 5.54 Å². The molecule has 0 radical (unpaired) electrons. The first-order valence-electron chi connectivity index (χ1n) is 8.14. The van der Waals surface area contributed by atoms with Gasteiger partial charge in [-0.15, -0.1) is 0 Å². The van der Waals surface area contributed by atoms with Crippen molar-refractivity contribution in [3.8, 4) is 17.6 Å². The molecule has 0 saturated carbocycles. The predicted molar refractivity (Wildman–Crippen MR) is 101 cm³/mol. The number of nitrogens with zero attached hydrogens (tertiary/aromatic N) is 1. The summed E-state index contributed by atoms with van der Waals surface area (Å²) in [6, 6.07) is 12.0. The van der Waals surface area contributed by atoms with Gasteiger partial charge in [0.1, 0.15) is 16.4 Å². The van der Waals surface area contributed by atoms with Crippen LogP contribution >= 0.6 is 0 Å². The second-order valence-corrected chi connectivity index (χ2v) is 8.65.